The number of nitriles is 1. The number of hydrogen-bond acceptors (Lipinski definition) is 3. The Morgan fingerprint density at radius 2 is 2.23 bits per heavy atom. The third-order valence-corrected chi connectivity index (χ3v) is 2.51. The maximum absolute atomic E-state index is 8.67. The van der Waals surface area contributed by atoms with Crippen LogP contribution in [-0.2, 0) is 4.74 Å². The molecule has 3 nitrogen and oxygen atoms in total. The molecule has 0 aromatic carbocycles. The Bertz CT molecular complexity index is 170. The molecule has 13 heavy (non-hydrogen) atoms. The fourth-order valence-electron chi connectivity index (χ4n) is 1.55. The number of piperidine rings is 1. The number of rotatable bonds is 4. The maximum atomic E-state index is 8.67. The van der Waals surface area contributed by atoms with E-state index in [1.54, 1.807) is 0 Å². The lowest BCUT2D eigenvalue weighted by Crippen LogP contribution is -2.30. The van der Waals surface area contributed by atoms with Crippen LogP contribution in [0.4, 0.5) is 0 Å². The Kier molecular flexibility index (Phi) is 4.81. The summed E-state index contributed by atoms with van der Waals surface area (Å²) in [6, 6.07) is 2.15. The molecule has 1 aliphatic heterocycles. The van der Waals surface area contributed by atoms with Gasteiger partial charge in [0.15, 0.2) is 0 Å². The number of hydrogen-bond donors (Lipinski definition) is 1. The molecule has 0 saturated carbocycles. The number of nitrogens with zero attached hydrogens (tertiary/aromatic N) is 1. The lowest BCUT2D eigenvalue weighted by atomic mass is 9.99. The molecule has 0 spiro atoms. The first-order valence-electron chi connectivity index (χ1n) is 5.08. The van der Waals surface area contributed by atoms with Crippen molar-refractivity contribution in [1.29, 1.82) is 5.26 Å². The van der Waals surface area contributed by atoms with Crippen LogP contribution in [-0.4, -0.2) is 25.8 Å². The molecule has 1 aliphatic rings. The smallest absolute Gasteiger partial charge is 0.143 e. The van der Waals surface area contributed by atoms with Crippen molar-refractivity contribution in [2.75, 3.05) is 19.7 Å². The Labute approximate surface area is 80.1 Å². The largest absolute Gasteiger partial charge is 0.363 e. The van der Waals surface area contributed by atoms with Crippen LogP contribution in [0.3, 0.4) is 0 Å². The van der Waals surface area contributed by atoms with Gasteiger partial charge in [-0.2, -0.15) is 5.26 Å². The molecule has 0 radical (unpaired) electrons. The van der Waals surface area contributed by atoms with Crippen molar-refractivity contribution < 1.29 is 4.74 Å². The number of nitrogens with one attached hydrogen (secondary N) is 1. The van der Waals surface area contributed by atoms with Gasteiger partial charge >= 0.3 is 0 Å². The van der Waals surface area contributed by atoms with E-state index in [-0.39, 0.29) is 6.10 Å². The SMILES string of the molecule is CCC(C#N)OCC1CCNCC1. The molecular formula is C10H18N2O. The van der Waals surface area contributed by atoms with Gasteiger partial charge in [-0.1, -0.05) is 6.92 Å². The molecule has 1 rings (SSSR count). The molecule has 74 valence electrons. The molecule has 1 fully saturated rings. The highest BCUT2D eigenvalue weighted by molar-refractivity contribution is 4.83. The summed E-state index contributed by atoms with van der Waals surface area (Å²) >= 11 is 0. The van der Waals surface area contributed by atoms with Gasteiger partial charge in [0.25, 0.3) is 0 Å². The van der Waals surface area contributed by atoms with Crippen LogP contribution in [0.15, 0.2) is 0 Å². The summed E-state index contributed by atoms with van der Waals surface area (Å²) in [5.41, 5.74) is 0. The van der Waals surface area contributed by atoms with Crippen LogP contribution < -0.4 is 5.32 Å². The van der Waals surface area contributed by atoms with Crippen molar-refractivity contribution in [1.82, 2.24) is 5.32 Å². The van der Waals surface area contributed by atoms with Gasteiger partial charge in [-0.05, 0) is 38.3 Å². The molecule has 0 aromatic heterocycles. The van der Waals surface area contributed by atoms with E-state index in [0.717, 1.165) is 26.1 Å². The summed E-state index contributed by atoms with van der Waals surface area (Å²) in [6.45, 7) is 4.93. The van der Waals surface area contributed by atoms with Gasteiger partial charge in [-0.25, -0.2) is 0 Å². The standard InChI is InChI=1S/C10H18N2O/c1-2-10(7-11)13-8-9-3-5-12-6-4-9/h9-10,12H,2-6,8H2,1H3. The van der Waals surface area contributed by atoms with Crippen molar-refractivity contribution in [2.24, 2.45) is 5.92 Å². The summed E-state index contributed by atoms with van der Waals surface area (Å²) in [7, 11) is 0. The monoisotopic (exact) mass is 182 g/mol. The molecular weight excluding hydrogens is 164 g/mol. The zero-order valence-corrected chi connectivity index (χ0v) is 8.25. The summed E-state index contributed by atoms with van der Waals surface area (Å²) in [6.07, 6.45) is 2.96. The zero-order chi connectivity index (χ0) is 9.52. The minimum Gasteiger partial charge on any atom is -0.363 e. The first-order chi connectivity index (χ1) is 6.36. The summed E-state index contributed by atoms with van der Waals surface area (Å²) in [5, 5.41) is 12.0. The number of ether oxygens (including phenoxy) is 1. The van der Waals surface area contributed by atoms with Gasteiger partial charge in [-0.3, -0.25) is 0 Å². The van der Waals surface area contributed by atoms with Crippen molar-refractivity contribution >= 4 is 0 Å². The average Bonchev–Trinajstić information content (AvgIpc) is 2.21. The van der Waals surface area contributed by atoms with Gasteiger partial charge in [-0.15, -0.1) is 0 Å². The second kappa shape index (κ2) is 5.95. The van der Waals surface area contributed by atoms with E-state index in [1.165, 1.54) is 12.8 Å². The van der Waals surface area contributed by atoms with Gasteiger partial charge in [0.05, 0.1) is 12.7 Å². The lowest BCUT2D eigenvalue weighted by Gasteiger charge is -2.23. The molecule has 1 N–H and O–H groups in total. The van der Waals surface area contributed by atoms with Crippen molar-refractivity contribution in [3.05, 3.63) is 0 Å². The molecule has 3 heteroatoms. The van der Waals surface area contributed by atoms with E-state index < -0.39 is 0 Å². The Balaban J connectivity index is 2.13. The van der Waals surface area contributed by atoms with Gasteiger partial charge in [0.1, 0.15) is 6.10 Å². The highest BCUT2D eigenvalue weighted by atomic mass is 16.5. The van der Waals surface area contributed by atoms with Crippen molar-refractivity contribution in [2.45, 2.75) is 32.3 Å². The molecule has 1 unspecified atom stereocenters. The first kappa shape index (κ1) is 10.5. The van der Waals surface area contributed by atoms with Crippen LogP contribution in [0.1, 0.15) is 26.2 Å². The average molecular weight is 182 g/mol. The fourth-order valence-corrected chi connectivity index (χ4v) is 1.55. The van der Waals surface area contributed by atoms with Crippen LogP contribution in [0.2, 0.25) is 0 Å². The zero-order valence-electron chi connectivity index (χ0n) is 8.25. The molecule has 1 atom stereocenters. The van der Waals surface area contributed by atoms with Crippen molar-refractivity contribution in [3.63, 3.8) is 0 Å². The summed E-state index contributed by atoms with van der Waals surface area (Å²) < 4.78 is 5.49. The molecule has 0 aliphatic carbocycles. The topological polar surface area (TPSA) is 45.0 Å². The predicted octanol–water partition coefficient (Wildman–Crippen LogP) is 1.30. The van der Waals surface area contributed by atoms with E-state index in [0.29, 0.717) is 5.92 Å². The molecule has 1 heterocycles. The Morgan fingerprint density at radius 3 is 2.77 bits per heavy atom. The molecule has 0 amide bonds. The third kappa shape index (κ3) is 3.75. The Morgan fingerprint density at radius 1 is 1.54 bits per heavy atom. The van der Waals surface area contributed by atoms with E-state index in [4.69, 9.17) is 10.00 Å². The van der Waals surface area contributed by atoms with Crippen molar-refractivity contribution in [3.8, 4) is 6.07 Å². The van der Waals surface area contributed by atoms with E-state index in [9.17, 15) is 0 Å². The Hall–Kier alpha value is -0.590. The second-order valence-corrected chi connectivity index (χ2v) is 3.55. The fraction of sp³-hybridized carbons (Fsp3) is 0.900. The highest BCUT2D eigenvalue weighted by Gasteiger charge is 2.14. The lowest BCUT2D eigenvalue weighted by molar-refractivity contribution is 0.0507. The minimum absolute atomic E-state index is 0.199. The van der Waals surface area contributed by atoms with Crippen LogP contribution >= 0.6 is 0 Å². The van der Waals surface area contributed by atoms with E-state index in [2.05, 4.69) is 11.4 Å². The molecule has 1 saturated heterocycles. The summed E-state index contributed by atoms with van der Waals surface area (Å²) in [4.78, 5) is 0. The molecule has 0 bridgehead atoms. The van der Waals surface area contributed by atoms with E-state index >= 15 is 0 Å². The third-order valence-electron chi connectivity index (χ3n) is 2.51. The quantitative estimate of drug-likeness (QED) is 0.713. The molecule has 0 aromatic rings. The second-order valence-electron chi connectivity index (χ2n) is 3.55. The van der Waals surface area contributed by atoms with Crippen LogP contribution in [0.25, 0.3) is 0 Å². The van der Waals surface area contributed by atoms with Gasteiger partial charge in [0.2, 0.25) is 0 Å². The van der Waals surface area contributed by atoms with Crippen LogP contribution in [0.5, 0.6) is 0 Å². The van der Waals surface area contributed by atoms with Gasteiger partial charge < -0.3 is 10.1 Å². The normalized spacial score (nSPS) is 20.9. The summed E-state index contributed by atoms with van der Waals surface area (Å²) in [5.74, 6) is 0.656. The van der Waals surface area contributed by atoms with Crippen LogP contribution in [0, 0.1) is 17.2 Å². The first-order valence-corrected chi connectivity index (χ1v) is 5.08. The van der Waals surface area contributed by atoms with E-state index in [1.807, 2.05) is 6.92 Å². The highest BCUT2D eigenvalue weighted by Crippen LogP contribution is 2.13. The maximum Gasteiger partial charge on any atom is 0.143 e. The van der Waals surface area contributed by atoms with Gasteiger partial charge in [0, 0.05) is 0 Å². The minimum atomic E-state index is -0.199. The predicted molar refractivity (Wildman–Crippen MR) is 51.2 cm³/mol.